The molecule has 0 atom stereocenters. The van der Waals surface area contributed by atoms with E-state index in [9.17, 15) is 4.39 Å². The Bertz CT molecular complexity index is 1340. The van der Waals surface area contributed by atoms with Crippen molar-refractivity contribution in [2.75, 3.05) is 36.5 Å². The Morgan fingerprint density at radius 1 is 1.06 bits per heavy atom. The van der Waals surface area contributed by atoms with Crippen LogP contribution < -0.4 is 15.0 Å². The highest BCUT2D eigenvalue weighted by atomic mass is 19.1. The Balaban J connectivity index is 0.000000978. The number of nitrogens with zero attached hydrogens (tertiary/aromatic N) is 3. The number of aromatic nitrogens is 2. The smallest absolute Gasteiger partial charge is 0.290 e. The van der Waals surface area contributed by atoms with Gasteiger partial charge in [-0.3, -0.25) is 14.8 Å². The van der Waals surface area contributed by atoms with E-state index >= 15 is 0 Å². The molecule has 8 nitrogen and oxygen atoms in total. The number of carbonyl (C=O) groups is 1. The summed E-state index contributed by atoms with van der Waals surface area (Å²) in [7, 11) is 0. The van der Waals surface area contributed by atoms with Crippen molar-refractivity contribution in [3.8, 4) is 17.0 Å². The SMILES string of the molecule is CC.CC(C)(C)O.Cc1ccc(OCCNc2ccc(-c3cnc(C)c(CC(C)C)c3N3CCC(C)(C)CC3)nc2)cc1F.O=CO. The number of aliphatic hydroxyl groups is 1. The van der Waals surface area contributed by atoms with Crippen LogP contribution in [0.25, 0.3) is 11.3 Å². The van der Waals surface area contributed by atoms with Crippen LogP contribution in [-0.4, -0.2) is 58.5 Å². The van der Waals surface area contributed by atoms with Crippen LogP contribution in [0.3, 0.4) is 0 Å². The lowest BCUT2D eigenvalue weighted by Crippen LogP contribution is -2.38. The molecule has 2 aromatic heterocycles. The number of pyridine rings is 2. The minimum absolute atomic E-state index is 0.250. The first kappa shape index (κ1) is 41.3. The quantitative estimate of drug-likeness (QED) is 0.155. The van der Waals surface area contributed by atoms with Gasteiger partial charge >= 0.3 is 0 Å². The first-order valence-corrected chi connectivity index (χ1v) is 16.7. The highest BCUT2D eigenvalue weighted by Gasteiger charge is 2.29. The minimum atomic E-state index is -0.500. The van der Waals surface area contributed by atoms with Crippen molar-refractivity contribution in [3.05, 3.63) is 65.4 Å². The predicted molar refractivity (Wildman–Crippen MR) is 193 cm³/mol. The molecule has 0 unspecified atom stereocenters. The summed E-state index contributed by atoms with van der Waals surface area (Å²) in [6, 6.07) is 9.07. The second kappa shape index (κ2) is 19.8. The highest BCUT2D eigenvalue weighted by molar-refractivity contribution is 5.79. The van der Waals surface area contributed by atoms with E-state index in [0.29, 0.717) is 35.8 Å². The van der Waals surface area contributed by atoms with E-state index in [1.807, 2.05) is 26.2 Å². The molecule has 0 bridgehead atoms. The summed E-state index contributed by atoms with van der Waals surface area (Å²) < 4.78 is 19.4. The molecule has 4 rings (SSSR count). The third kappa shape index (κ3) is 15.2. The third-order valence-corrected chi connectivity index (χ3v) is 7.29. The molecule has 1 aromatic carbocycles. The van der Waals surface area contributed by atoms with Crippen LogP contribution in [-0.2, 0) is 11.2 Å². The zero-order chi connectivity index (χ0) is 35.8. The summed E-state index contributed by atoms with van der Waals surface area (Å²) in [5.41, 5.74) is 7.25. The Morgan fingerprint density at radius 3 is 2.17 bits per heavy atom. The number of hydrogen-bond acceptors (Lipinski definition) is 7. The Kier molecular flexibility index (Phi) is 17.4. The van der Waals surface area contributed by atoms with Gasteiger partial charge in [-0.15, -0.1) is 0 Å². The summed E-state index contributed by atoms with van der Waals surface area (Å²) >= 11 is 0. The second-order valence-electron chi connectivity index (χ2n) is 13.7. The molecule has 3 N–H and O–H groups in total. The number of ether oxygens (including phenoxy) is 1. The maximum absolute atomic E-state index is 13.7. The summed E-state index contributed by atoms with van der Waals surface area (Å²) in [4.78, 5) is 20.5. The monoisotopic (exact) mass is 654 g/mol. The van der Waals surface area contributed by atoms with Gasteiger partial charge in [0, 0.05) is 43.2 Å². The number of rotatable bonds is 9. The Hall–Kier alpha value is -3.72. The molecule has 1 aliphatic rings. The van der Waals surface area contributed by atoms with E-state index < -0.39 is 5.60 Å². The molecule has 0 radical (unpaired) electrons. The average Bonchev–Trinajstić information content (AvgIpc) is 2.99. The van der Waals surface area contributed by atoms with Crippen LogP contribution in [0, 0.1) is 31.0 Å². The number of halogens is 1. The normalized spacial score (nSPS) is 13.6. The van der Waals surface area contributed by atoms with Crippen molar-refractivity contribution in [1.82, 2.24) is 9.97 Å². The lowest BCUT2D eigenvalue weighted by molar-refractivity contribution is -0.122. The van der Waals surface area contributed by atoms with Crippen molar-refractivity contribution >= 4 is 17.8 Å². The van der Waals surface area contributed by atoms with E-state index in [0.717, 1.165) is 42.1 Å². The molecule has 1 saturated heterocycles. The Morgan fingerprint density at radius 2 is 1.66 bits per heavy atom. The van der Waals surface area contributed by atoms with E-state index in [1.54, 1.807) is 39.8 Å². The fraction of sp³-hybridized carbons (Fsp3) is 0.553. The number of piperidine rings is 1. The van der Waals surface area contributed by atoms with E-state index in [4.69, 9.17) is 29.7 Å². The fourth-order valence-corrected chi connectivity index (χ4v) is 4.86. The van der Waals surface area contributed by atoms with Crippen molar-refractivity contribution in [3.63, 3.8) is 0 Å². The molecule has 1 fully saturated rings. The molecule has 3 heterocycles. The molecule has 0 amide bonds. The lowest BCUT2D eigenvalue weighted by atomic mass is 9.82. The molecule has 1 aliphatic heterocycles. The molecule has 9 heteroatoms. The van der Waals surface area contributed by atoms with Crippen LogP contribution in [0.15, 0.2) is 42.7 Å². The summed E-state index contributed by atoms with van der Waals surface area (Å²) in [6.07, 6.45) is 7.24. The first-order valence-electron chi connectivity index (χ1n) is 16.7. The molecular weight excluding hydrogens is 595 g/mol. The van der Waals surface area contributed by atoms with Crippen molar-refractivity contribution in [1.29, 1.82) is 0 Å². The number of carboxylic acid groups (broad SMARTS) is 1. The number of nitrogens with one attached hydrogen (secondary N) is 1. The van der Waals surface area contributed by atoms with Gasteiger partial charge in [-0.2, -0.15) is 0 Å². The van der Waals surface area contributed by atoms with Gasteiger partial charge in [-0.25, -0.2) is 4.39 Å². The second-order valence-corrected chi connectivity index (χ2v) is 13.7. The fourth-order valence-electron chi connectivity index (χ4n) is 4.86. The Labute approximate surface area is 282 Å². The number of benzene rings is 1. The van der Waals surface area contributed by atoms with Crippen LogP contribution in [0.2, 0.25) is 0 Å². The van der Waals surface area contributed by atoms with Gasteiger partial charge in [0.2, 0.25) is 0 Å². The largest absolute Gasteiger partial charge is 0.492 e. The van der Waals surface area contributed by atoms with Crippen molar-refractivity contribution in [2.24, 2.45) is 11.3 Å². The molecule has 0 spiro atoms. The lowest BCUT2D eigenvalue weighted by Gasteiger charge is -2.40. The van der Waals surface area contributed by atoms with E-state index in [2.05, 4.69) is 57.0 Å². The molecule has 47 heavy (non-hydrogen) atoms. The van der Waals surface area contributed by atoms with Gasteiger partial charge in [-0.05, 0) is 94.5 Å². The third-order valence-electron chi connectivity index (χ3n) is 7.29. The summed E-state index contributed by atoms with van der Waals surface area (Å²) in [5, 5.41) is 18.8. The van der Waals surface area contributed by atoms with Crippen LogP contribution >= 0.6 is 0 Å². The minimum Gasteiger partial charge on any atom is -0.492 e. The van der Waals surface area contributed by atoms with Gasteiger partial charge in [0.1, 0.15) is 18.2 Å². The number of anilines is 2. The topological polar surface area (TPSA) is 108 Å². The average molecular weight is 655 g/mol. The molecule has 0 saturated carbocycles. The number of aryl methyl sites for hydroxylation is 2. The molecule has 0 aliphatic carbocycles. The van der Waals surface area contributed by atoms with Crippen LogP contribution in [0.1, 0.15) is 92.0 Å². The molecule has 262 valence electrons. The predicted octanol–water partition coefficient (Wildman–Crippen LogP) is 8.72. The van der Waals surface area contributed by atoms with Crippen LogP contribution in [0.4, 0.5) is 15.8 Å². The maximum atomic E-state index is 13.7. The standard InChI is InChI=1S/C31H41FN4O.C4H10O.C2H6.CH2O2/c1-21(2)17-26-23(4)34-20-27(30(26)36-14-11-31(5,6)12-15-36)29-10-8-24(19-35-29)33-13-16-37-25-9-7-22(3)28(32)18-25;1-4(2,3)5;1-2;2-1-3/h7-10,18-21,33H,11-17H2,1-6H3;5H,1-3H3;1-2H3;1H,(H,2,3). The van der Waals surface area contributed by atoms with Gasteiger partial charge < -0.3 is 25.2 Å². The highest BCUT2D eigenvalue weighted by Crippen LogP contribution is 2.40. The molecule has 3 aromatic rings. The number of hydrogen-bond donors (Lipinski definition) is 3. The first-order chi connectivity index (χ1) is 22.0. The van der Waals surface area contributed by atoms with Crippen molar-refractivity contribution < 1.29 is 24.1 Å². The van der Waals surface area contributed by atoms with E-state index in [-0.39, 0.29) is 12.3 Å². The van der Waals surface area contributed by atoms with Gasteiger partial charge in [-0.1, -0.05) is 47.6 Å². The molecular formula is C38H59FN4O4. The van der Waals surface area contributed by atoms with Crippen molar-refractivity contribution in [2.45, 2.75) is 101 Å². The summed E-state index contributed by atoms with van der Waals surface area (Å²) in [5.74, 6) is 0.838. The maximum Gasteiger partial charge on any atom is 0.290 e. The van der Waals surface area contributed by atoms with Gasteiger partial charge in [0.25, 0.3) is 6.47 Å². The van der Waals surface area contributed by atoms with E-state index in [1.165, 1.54) is 30.2 Å². The zero-order valence-electron chi connectivity index (χ0n) is 30.6. The van der Waals surface area contributed by atoms with Gasteiger partial charge in [0.05, 0.1) is 28.9 Å². The zero-order valence-corrected chi connectivity index (χ0v) is 30.6. The summed E-state index contributed by atoms with van der Waals surface area (Å²) in [6.45, 7) is 25.3. The van der Waals surface area contributed by atoms with Crippen LogP contribution in [0.5, 0.6) is 5.75 Å². The van der Waals surface area contributed by atoms with Gasteiger partial charge in [0.15, 0.2) is 0 Å².